The highest BCUT2D eigenvalue weighted by Gasteiger charge is 2.46. The van der Waals surface area contributed by atoms with Gasteiger partial charge in [0.15, 0.2) is 0 Å². The minimum absolute atomic E-state index is 0.0153. The number of fused-ring (bicyclic) bond motifs is 14. The van der Waals surface area contributed by atoms with E-state index in [9.17, 15) is 0 Å². The third kappa shape index (κ3) is 9.06. The summed E-state index contributed by atoms with van der Waals surface area (Å²) in [6.07, 6.45) is 0. The fourth-order valence-electron chi connectivity index (χ4n) is 17.5. The van der Waals surface area contributed by atoms with Gasteiger partial charge in [0.1, 0.15) is 0 Å². The van der Waals surface area contributed by atoms with Crippen LogP contribution in [0, 0.1) is 0 Å². The molecule has 0 bridgehead atoms. The lowest BCUT2D eigenvalue weighted by Crippen LogP contribution is -2.61. The number of hydrogen-bond donors (Lipinski definition) is 0. The normalized spacial score (nSPS) is 13.0. The van der Waals surface area contributed by atoms with Crippen molar-refractivity contribution in [1.29, 1.82) is 0 Å². The van der Waals surface area contributed by atoms with Gasteiger partial charge >= 0.3 is 0 Å². The molecule has 4 nitrogen and oxygen atoms in total. The molecule has 0 N–H and O–H groups in total. The number of nitrogens with zero attached hydrogens (tertiary/aromatic N) is 4. The van der Waals surface area contributed by atoms with Gasteiger partial charge in [-0.3, -0.25) is 0 Å². The molecule has 0 saturated carbocycles. The van der Waals surface area contributed by atoms with Gasteiger partial charge in [0, 0.05) is 68.2 Å². The quantitative estimate of drug-likeness (QED) is 0.105. The van der Waals surface area contributed by atoms with Crippen LogP contribution in [0.4, 0.5) is 68.2 Å². The molecule has 0 amide bonds. The molecule has 0 aromatic heterocycles. The van der Waals surface area contributed by atoms with Crippen LogP contribution in [0.15, 0.2) is 376 Å². The van der Waals surface area contributed by atoms with Crippen LogP contribution in [0.5, 0.6) is 0 Å². The number of anilines is 12. The monoisotopic (exact) mass is 1290 g/mol. The largest absolute Gasteiger partial charge is 0.311 e. The molecule has 0 aliphatic carbocycles. The molecule has 17 aromatic carbocycles. The highest BCUT2D eigenvalue weighted by molar-refractivity contribution is 7.01. The maximum absolute atomic E-state index is 2.54. The van der Waals surface area contributed by atoms with Gasteiger partial charge in [0.2, 0.25) is 0 Å². The predicted molar refractivity (Wildman–Crippen MR) is 434 cm³/mol. The van der Waals surface area contributed by atoms with E-state index >= 15 is 0 Å². The van der Waals surface area contributed by atoms with E-state index < -0.39 is 0 Å². The average molecular weight is 1290 g/mol. The van der Waals surface area contributed by atoms with E-state index in [4.69, 9.17) is 0 Å². The van der Waals surface area contributed by atoms with E-state index in [1.165, 1.54) is 122 Å². The molecule has 102 heavy (non-hydrogen) atoms. The minimum Gasteiger partial charge on any atom is -0.311 e. The Morgan fingerprint density at radius 1 is 0.147 bits per heavy atom. The molecule has 4 aliphatic rings. The summed E-state index contributed by atoms with van der Waals surface area (Å²) in [6.45, 7) is -0.0773. The van der Waals surface area contributed by atoms with Crippen LogP contribution in [0.25, 0.3) is 88.0 Å². The summed E-state index contributed by atoms with van der Waals surface area (Å²) in [5.41, 5.74) is 33.2. The third-order valence-corrected chi connectivity index (χ3v) is 21.9. The van der Waals surface area contributed by atoms with E-state index in [2.05, 4.69) is 396 Å². The van der Waals surface area contributed by atoms with E-state index in [1.54, 1.807) is 0 Å². The summed E-state index contributed by atoms with van der Waals surface area (Å²) in [7, 11) is 0. The first-order valence-corrected chi connectivity index (χ1v) is 35.4. The molecule has 0 radical (unpaired) electrons. The molecule has 0 atom stereocenters. The number of rotatable bonds is 9. The summed E-state index contributed by atoms with van der Waals surface area (Å²) in [5.74, 6) is 0. The molecule has 4 heterocycles. The van der Waals surface area contributed by atoms with Gasteiger partial charge in [0.25, 0.3) is 13.4 Å². The van der Waals surface area contributed by atoms with Crippen LogP contribution in [-0.2, 0) is 0 Å². The maximum atomic E-state index is 2.54. The van der Waals surface area contributed by atoms with Crippen LogP contribution in [0.3, 0.4) is 0 Å². The van der Waals surface area contributed by atoms with Crippen molar-refractivity contribution in [3.8, 4) is 55.6 Å². The van der Waals surface area contributed by atoms with Crippen molar-refractivity contribution in [2.24, 2.45) is 0 Å². The van der Waals surface area contributed by atoms with E-state index in [0.29, 0.717) is 0 Å². The highest BCUT2D eigenvalue weighted by atomic mass is 15.2. The van der Waals surface area contributed by atoms with Gasteiger partial charge in [0.05, 0.1) is 0 Å². The second-order valence-corrected chi connectivity index (χ2v) is 27.5. The molecule has 0 saturated heterocycles. The summed E-state index contributed by atoms with van der Waals surface area (Å²) in [4.78, 5) is 10.1. The molecular weight excluding hydrogens is 1230 g/mol. The Kier molecular flexibility index (Phi) is 13.2. The first-order chi connectivity index (χ1) is 50.6. The molecule has 4 aliphatic heterocycles. The Morgan fingerprint density at radius 3 is 0.873 bits per heavy atom. The second-order valence-electron chi connectivity index (χ2n) is 27.5. The van der Waals surface area contributed by atoms with E-state index in [-0.39, 0.29) is 13.4 Å². The van der Waals surface area contributed by atoms with Crippen molar-refractivity contribution >= 4 is 147 Å². The molecular formula is C96H62B2N4. The van der Waals surface area contributed by atoms with Crippen LogP contribution >= 0.6 is 0 Å². The second kappa shape index (κ2) is 23.2. The molecule has 0 spiro atoms. The predicted octanol–water partition coefficient (Wildman–Crippen LogP) is 21.6. The molecule has 0 unspecified atom stereocenters. The van der Waals surface area contributed by atoms with Gasteiger partial charge in [-0.1, -0.05) is 249 Å². The van der Waals surface area contributed by atoms with Gasteiger partial charge in [-0.05, 0) is 248 Å². The Hall–Kier alpha value is -13.2. The van der Waals surface area contributed by atoms with Crippen LogP contribution in [-0.4, -0.2) is 13.4 Å². The summed E-state index contributed by atoms with van der Waals surface area (Å²) < 4.78 is 0. The molecule has 17 aromatic rings. The van der Waals surface area contributed by atoms with E-state index in [1.807, 2.05) is 0 Å². The van der Waals surface area contributed by atoms with E-state index in [0.717, 1.165) is 67.3 Å². The van der Waals surface area contributed by atoms with Gasteiger partial charge in [-0.25, -0.2) is 0 Å². The van der Waals surface area contributed by atoms with Crippen molar-refractivity contribution in [3.63, 3.8) is 0 Å². The SMILES string of the molecule is c1ccc(-c2cc(-c3cccc(-c4ccc5c(c4)B4c6ccccc6N(c6ccccc6)c6cc(-c7ccc8c9ccccc9c9ccccc9c8c7)cc(c64)N5c4ccccc4)c3)cc(-c3cc4c5c(c3)N(c3ccccc3)c3ccccc3B5c3ccccc3N4c3ccccc3)c2)cc1. The van der Waals surface area contributed by atoms with Crippen LogP contribution < -0.4 is 52.4 Å². The number of benzene rings is 17. The summed E-state index contributed by atoms with van der Waals surface area (Å²) in [5, 5.41) is 7.60. The van der Waals surface area contributed by atoms with Crippen molar-refractivity contribution < 1.29 is 0 Å². The lowest BCUT2D eigenvalue weighted by molar-refractivity contribution is 1.25. The van der Waals surface area contributed by atoms with Crippen LogP contribution in [0.1, 0.15) is 0 Å². The van der Waals surface area contributed by atoms with Gasteiger partial charge in [-0.15, -0.1) is 0 Å². The van der Waals surface area contributed by atoms with Gasteiger partial charge < -0.3 is 19.6 Å². The fourth-order valence-corrected chi connectivity index (χ4v) is 17.5. The maximum Gasteiger partial charge on any atom is 0.252 e. The van der Waals surface area contributed by atoms with Crippen molar-refractivity contribution in [2.75, 3.05) is 19.6 Å². The topological polar surface area (TPSA) is 13.0 Å². The first kappa shape index (κ1) is 57.9. The lowest BCUT2D eigenvalue weighted by Gasteiger charge is -2.44. The minimum atomic E-state index is -0.0925. The highest BCUT2D eigenvalue weighted by Crippen LogP contribution is 2.50. The number of para-hydroxylation sites is 7. The van der Waals surface area contributed by atoms with Crippen molar-refractivity contribution in [2.45, 2.75) is 0 Å². The third-order valence-electron chi connectivity index (χ3n) is 21.9. The zero-order valence-corrected chi connectivity index (χ0v) is 55.7. The lowest BCUT2D eigenvalue weighted by atomic mass is 9.33. The van der Waals surface area contributed by atoms with Crippen molar-refractivity contribution in [3.05, 3.63) is 376 Å². The summed E-state index contributed by atoms with van der Waals surface area (Å²) in [6, 6.07) is 141. The standard InChI is InChI=1S/C96H62B2N4/c1-6-27-63(28-7-1)68-54-69(56-70(55-68)72-61-93-95-94(62-72)100(74-33-10-3-11-34-74)88-47-24-21-44-84(88)97(95)83-43-20-23-46-87(83)99(93)73-31-8-2-9-32-73)65-30-26-29-64(53-65)67-50-52-90-86(58-67)98-85-45-22-25-48-89(85)101(75-35-12-4-13-36-75)91-59-71(60-92(96(91)98)102(90)76-37-14-5-15-38-76)66-49-51-81-79-41-17-16-39-77(79)78-40-18-19-42-80(78)82(81)57-66/h1-62H. The Bertz CT molecular complexity index is 6080. The van der Waals surface area contributed by atoms with Gasteiger partial charge in [-0.2, -0.15) is 0 Å². The molecule has 0 fully saturated rings. The smallest absolute Gasteiger partial charge is 0.252 e. The first-order valence-electron chi connectivity index (χ1n) is 35.4. The fraction of sp³-hybridized carbons (Fsp3) is 0. The Balaban J connectivity index is 0.745. The molecule has 6 heteroatoms. The molecule has 472 valence electrons. The average Bonchev–Trinajstić information content (AvgIpc) is 0.703. The Morgan fingerprint density at radius 2 is 0.422 bits per heavy atom. The zero-order chi connectivity index (χ0) is 66.9. The molecule has 21 rings (SSSR count). The Labute approximate surface area is 594 Å². The van der Waals surface area contributed by atoms with Crippen molar-refractivity contribution in [1.82, 2.24) is 0 Å². The van der Waals surface area contributed by atoms with Crippen LogP contribution in [0.2, 0.25) is 0 Å². The summed E-state index contributed by atoms with van der Waals surface area (Å²) >= 11 is 0. The number of hydrogen-bond acceptors (Lipinski definition) is 4. The zero-order valence-electron chi connectivity index (χ0n) is 55.7.